The first-order chi connectivity index (χ1) is 6.11. The molecule has 0 saturated carbocycles. The summed E-state index contributed by atoms with van der Waals surface area (Å²) in [6.45, 7) is 5.52. The molecule has 3 nitrogen and oxygen atoms in total. The number of nitrogens with one attached hydrogen (secondary N) is 1. The van der Waals surface area contributed by atoms with Crippen molar-refractivity contribution in [1.82, 2.24) is 5.32 Å². The molecule has 0 rings (SSSR count). The van der Waals surface area contributed by atoms with E-state index in [9.17, 15) is 4.79 Å². The van der Waals surface area contributed by atoms with Crippen LogP contribution in [-0.2, 0) is 9.53 Å². The van der Waals surface area contributed by atoms with Crippen molar-refractivity contribution in [1.29, 1.82) is 0 Å². The maximum Gasteiger partial charge on any atom is 0.234 e. The van der Waals surface area contributed by atoms with Crippen LogP contribution >= 0.6 is 11.6 Å². The summed E-state index contributed by atoms with van der Waals surface area (Å²) in [6.07, 6.45) is 0. The lowest BCUT2D eigenvalue weighted by atomic mass is 9.97. The molecule has 0 fully saturated rings. The van der Waals surface area contributed by atoms with Gasteiger partial charge in [-0.15, -0.1) is 11.6 Å². The molecule has 0 saturated heterocycles. The molecule has 0 radical (unpaired) electrons. The standard InChI is InChI=1S/C9H18ClNO2/c1-7(2)8(6-13-3)5-11-9(12)4-10/h7-8H,4-6H2,1-3H3,(H,11,12). The molecule has 0 bridgehead atoms. The van der Waals surface area contributed by atoms with Crippen LogP contribution in [0.15, 0.2) is 0 Å². The summed E-state index contributed by atoms with van der Waals surface area (Å²) in [4.78, 5) is 10.9. The highest BCUT2D eigenvalue weighted by Crippen LogP contribution is 2.09. The summed E-state index contributed by atoms with van der Waals surface area (Å²) < 4.78 is 5.05. The maximum absolute atomic E-state index is 10.9. The summed E-state index contributed by atoms with van der Waals surface area (Å²) in [7, 11) is 1.67. The molecule has 0 heterocycles. The van der Waals surface area contributed by atoms with Gasteiger partial charge < -0.3 is 10.1 Å². The number of hydrogen-bond donors (Lipinski definition) is 1. The van der Waals surface area contributed by atoms with Gasteiger partial charge in [-0.2, -0.15) is 0 Å². The first-order valence-corrected chi connectivity index (χ1v) is 4.96. The Morgan fingerprint density at radius 1 is 1.54 bits per heavy atom. The third-order valence-corrected chi connectivity index (χ3v) is 2.25. The van der Waals surface area contributed by atoms with Crippen molar-refractivity contribution in [3.05, 3.63) is 0 Å². The first-order valence-electron chi connectivity index (χ1n) is 4.43. The van der Waals surface area contributed by atoms with Gasteiger partial charge in [-0.1, -0.05) is 13.8 Å². The van der Waals surface area contributed by atoms with Crippen LogP contribution in [0.5, 0.6) is 0 Å². The highest BCUT2D eigenvalue weighted by Gasteiger charge is 2.13. The number of carbonyl (C=O) groups is 1. The highest BCUT2D eigenvalue weighted by molar-refractivity contribution is 6.27. The van der Waals surface area contributed by atoms with E-state index in [0.717, 1.165) is 0 Å². The summed E-state index contributed by atoms with van der Waals surface area (Å²) in [5, 5.41) is 2.75. The zero-order valence-electron chi connectivity index (χ0n) is 8.47. The second kappa shape index (κ2) is 7.15. The number of amides is 1. The molecule has 1 N–H and O–H groups in total. The summed E-state index contributed by atoms with van der Waals surface area (Å²) in [5.41, 5.74) is 0. The van der Waals surface area contributed by atoms with E-state index in [2.05, 4.69) is 19.2 Å². The van der Waals surface area contributed by atoms with Crippen molar-refractivity contribution in [3.8, 4) is 0 Å². The molecule has 0 aliphatic rings. The fraction of sp³-hybridized carbons (Fsp3) is 0.889. The molecule has 4 heteroatoms. The minimum atomic E-state index is -0.122. The van der Waals surface area contributed by atoms with Crippen molar-refractivity contribution >= 4 is 17.5 Å². The van der Waals surface area contributed by atoms with Crippen molar-refractivity contribution in [2.75, 3.05) is 26.1 Å². The van der Waals surface area contributed by atoms with Gasteiger partial charge in [0, 0.05) is 19.6 Å². The predicted octanol–water partition coefficient (Wildman–Crippen LogP) is 1.26. The maximum atomic E-state index is 10.9. The largest absolute Gasteiger partial charge is 0.384 e. The van der Waals surface area contributed by atoms with Gasteiger partial charge in [-0.3, -0.25) is 4.79 Å². The highest BCUT2D eigenvalue weighted by atomic mass is 35.5. The van der Waals surface area contributed by atoms with Gasteiger partial charge in [0.25, 0.3) is 0 Å². The van der Waals surface area contributed by atoms with Gasteiger partial charge in [-0.25, -0.2) is 0 Å². The van der Waals surface area contributed by atoms with E-state index < -0.39 is 0 Å². The lowest BCUT2D eigenvalue weighted by molar-refractivity contribution is -0.119. The van der Waals surface area contributed by atoms with Gasteiger partial charge in [0.05, 0.1) is 6.61 Å². The molecule has 0 aromatic carbocycles. The minimum Gasteiger partial charge on any atom is -0.384 e. The third kappa shape index (κ3) is 5.88. The lowest BCUT2D eigenvalue weighted by Gasteiger charge is -2.19. The SMILES string of the molecule is COCC(CNC(=O)CCl)C(C)C. The van der Waals surface area contributed by atoms with Gasteiger partial charge in [0.2, 0.25) is 5.91 Å². The number of methoxy groups -OCH3 is 1. The average Bonchev–Trinajstić information content (AvgIpc) is 2.11. The Kier molecular flexibility index (Phi) is 7.00. The zero-order valence-corrected chi connectivity index (χ0v) is 9.23. The Hall–Kier alpha value is -0.280. The molecular formula is C9H18ClNO2. The van der Waals surface area contributed by atoms with Crippen molar-refractivity contribution in [2.45, 2.75) is 13.8 Å². The monoisotopic (exact) mass is 207 g/mol. The fourth-order valence-electron chi connectivity index (χ4n) is 0.993. The van der Waals surface area contributed by atoms with E-state index in [1.54, 1.807) is 7.11 Å². The second-order valence-electron chi connectivity index (χ2n) is 3.40. The molecule has 1 unspecified atom stereocenters. The van der Waals surface area contributed by atoms with Crippen LogP contribution < -0.4 is 5.32 Å². The minimum absolute atomic E-state index is 0.0256. The molecule has 0 aliphatic heterocycles. The van der Waals surface area contributed by atoms with Crippen LogP contribution in [0, 0.1) is 11.8 Å². The first kappa shape index (κ1) is 12.7. The van der Waals surface area contributed by atoms with E-state index in [1.165, 1.54) is 0 Å². The molecular weight excluding hydrogens is 190 g/mol. The van der Waals surface area contributed by atoms with Crippen LogP contribution in [0.4, 0.5) is 0 Å². The third-order valence-electron chi connectivity index (χ3n) is 2.01. The average molecular weight is 208 g/mol. The van der Waals surface area contributed by atoms with Crippen LogP contribution in [0.3, 0.4) is 0 Å². The number of ether oxygens (including phenoxy) is 1. The lowest BCUT2D eigenvalue weighted by Crippen LogP contribution is -2.34. The van der Waals surface area contributed by atoms with Crippen LogP contribution in [0.1, 0.15) is 13.8 Å². The van der Waals surface area contributed by atoms with Gasteiger partial charge in [0.1, 0.15) is 5.88 Å². The normalized spacial score (nSPS) is 13.0. The Bertz CT molecular complexity index is 151. The number of carbonyl (C=O) groups excluding carboxylic acids is 1. The number of halogens is 1. The van der Waals surface area contributed by atoms with Gasteiger partial charge >= 0.3 is 0 Å². The number of hydrogen-bond acceptors (Lipinski definition) is 2. The molecule has 1 amide bonds. The van der Waals surface area contributed by atoms with Crippen molar-refractivity contribution in [2.24, 2.45) is 11.8 Å². The quantitative estimate of drug-likeness (QED) is 0.666. The van der Waals surface area contributed by atoms with E-state index >= 15 is 0 Å². The summed E-state index contributed by atoms with van der Waals surface area (Å²) in [5.74, 6) is 0.758. The van der Waals surface area contributed by atoms with Crippen LogP contribution in [-0.4, -0.2) is 32.0 Å². The Morgan fingerprint density at radius 3 is 2.54 bits per heavy atom. The molecule has 0 aliphatic carbocycles. The number of alkyl halides is 1. The van der Waals surface area contributed by atoms with E-state index in [4.69, 9.17) is 16.3 Å². The van der Waals surface area contributed by atoms with E-state index in [1.807, 2.05) is 0 Å². The van der Waals surface area contributed by atoms with Gasteiger partial charge in [0.15, 0.2) is 0 Å². The molecule has 1 atom stereocenters. The smallest absolute Gasteiger partial charge is 0.234 e. The van der Waals surface area contributed by atoms with Gasteiger partial charge in [-0.05, 0) is 5.92 Å². The fourth-order valence-corrected chi connectivity index (χ4v) is 1.09. The Labute approximate surface area is 84.8 Å². The molecule has 0 aromatic heterocycles. The van der Waals surface area contributed by atoms with Crippen molar-refractivity contribution < 1.29 is 9.53 Å². The number of rotatable bonds is 6. The molecule has 0 spiro atoms. The molecule has 0 aromatic rings. The predicted molar refractivity (Wildman–Crippen MR) is 53.9 cm³/mol. The van der Waals surface area contributed by atoms with Crippen LogP contribution in [0.25, 0.3) is 0 Å². The van der Waals surface area contributed by atoms with Crippen LogP contribution in [0.2, 0.25) is 0 Å². The van der Waals surface area contributed by atoms with E-state index in [0.29, 0.717) is 25.0 Å². The summed E-state index contributed by atoms with van der Waals surface area (Å²) >= 11 is 5.35. The molecule has 78 valence electrons. The Morgan fingerprint density at radius 2 is 2.15 bits per heavy atom. The van der Waals surface area contributed by atoms with E-state index in [-0.39, 0.29) is 11.8 Å². The topological polar surface area (TPSA) is 38.3 Å². The van der Waals surface area contributed by atoms with Crippen molar-refractivity contribution in [3.63, 3.8) is 0 Å². The zero-order chi connectivity index (χ0) is 10.3. The Balaban J connectivity index is 3.75. The second-order valence-corrected chi connectivity index (χ2v) is 3.66. The summed E-state index contributed by atoms with van der Waals surface area (Å²) in [6, 6.07) is 0. The molecule has 13 heavy (non-hydrogen) atoms.